The Morgan fingerprint density at radius 3 is 2.71 bits per heavy atom. The van der Waals surface area contributed by atoms with Gasteiger partial charge in [-0.15, -0.1) is 0 Å². The summed E-state index contributed by atoms with van der Waals surface area (Å²) in [5.41, 5.74) is 3.25. The van der Waals surface area contributed by atoms with Gasteiger partial charge in [0.2, 0.25) is 0 Å². The number of fused-ring (bicyclic) bond motifs is 2. The standard InChI is InChI=1S/C23H26N4O4/c1-14(2)18-12-16(17-13-24-27(15(3)4)21(17)25-18)22(28)30-11-7-10-26-19-8-5-6-9-20(19)31-23(26)29/h5-6,8-9,12-15H,7,10-11H2,1-4H3. The predicted molar refractivity (Wildman–Crippen MR) is 117 cm³/mol. The lowest BCUT2D eigenvalue weighted by Gasteiger charge is -2.12. The molecule has 0 radical (unpaired) electrons. The third-order valence-electron chi connectivity index (χ3n) is 5.22. The average molecular weight is 422 g/mol. The van der Waals surface area contributed by atoms with Crippen LogP contribution in [0, 0.1) is 0 Å². The first-order valence-electron chi connectivity index (χ1n) is 10.5. The van der Waals surface area contributed by atoms with Crippen LogP contribution >= 0.6 is 0 Å². The zero-order valence-corrected chi connectivity index (χ0v) is 18.2. The molecule has 0 unspecified atom stereocenters. The second-order valence-corrected chi connectivity index (χ2v) is 8.15. The Bertz CT molecular complexity index is 1300. The highest BCUT2D eigenvalue weighted by Crippen LogP contribution is 2.25. The number of nitrogens with zero attached hydrogens (tertiary/aromatic N) is 4. The molecule has 31 heavy (non-hydrogen) atoms. The van der Waals surface area contributed by atoms with Crippen molar-refractivity contribution in [1.29, 1.82) is 0 Å². The van der Waals surface area contributed by atoms with Gasteiger partial charge in [0.1, 0.15) is 0 Å². The molecule has 0 bridgehead atoms. The fraction of sp³-hybridized carbons (Fsp3) is 0.391. The average Bonchev–Trinajstić information content (AvgIpc) is 3.31. The molecule has 8 heteroatoms. The molecule has 0 aliphatic heterocycles. The van der Waals surface area contributed by atoms with Gasteiger partial charge in [0, 0.05) is 18.3 Å². The molecule has 0 spiro atoms. The van der Waals surface area contributed by atoms with Gasteiger partial charge in [0.05, 0.1) is 29.3 Å². The highest BCUT2D eigenvalue weighted by molar-refractivity contribution is 6.02. The Labute approximate surface area is 179 Å². The van der Waals surface area contributed by atoms with E-state index in [4.69, 9.17) is 14.1 Å². The largest absolute Gasteiger partial charge is 0.462 e. The predicted octanol–water partition coefficient (Wildman–Crippen LogP) is 4.29. The number of pyridine rings is 1. The molecule has 162 valence electrons. The van der Waals surface area contributed by atoms with E-state index in [1.54, 1.807) is 22.9 Å². The summed E-state index contributed by atoms with van der Waals surface area (Å²) in [5.74, 6) is -0.666. The lowest BCUT2D eigenvalue weighted by molar-refractivity contribution is 0.0498. The van der Waals surface area contributed by atoms with E-state index in [1.165, 1.54) is 0 Å². The van der Waals surface area contributed by atoms with Crippen molar-refractivity contribution in [3.63, 3.8) is 0 Å². The number of esters is 1. The van der Waals surface area contributed by atoms with E-state index < -0.39 is 11.7 Å². The summed E-state index contributed by atoms with van der Waals surface area (Å²) in [4.78, 5) is 29.7. The Balaban J connectivity index is 1.51. The van der Waals surface area contributed by atoms with Crippen LogP contribution < -0.4 is 5.76 Å². The first-order chi connectivity index (χ1) is 14.9. The van der Waals surface area contributed by atoms with E-state index in [0.29, 0.717) is 35.1 Å². The van der Waals surface area contributed by atoms with Gasteiger partial charge in [-0.3, -0.25) is 4.57 Å². The van der Waals surface area contributed by atoms with Crippen LogP contribution in [0.2, 0.25) is 0 Å². The number of aryl methyl sites for hydroxylation is 1. The summed E-state index contributed by atoms with van der Waals surface area (Å²) in [7, 11) is 0. The molecule has 3 heterocycles. The molecule has 0 saturated heterocycles. The van der Waals surface area contributed by atoms with Crippen molar-refractivity contribution >= 4 is 28.1 Å². The van der Waals surface area contributed by atoms with Crippen LogP contribution in [0.5, 0.6) is 0 Å². The highest BCUT2D eigenvalue weighted by atomic mass is 16.5. The summed E-state index contributed by atoms with van der Waals surface area (Å²) in [6.45, 7) is 8.70. The maximum atomic E-state index is 12.9. The van der Waals surface area contributed by atoms with Crippen molar-refractivity contribution < 1.29 is 13.9 Å². The molecule has 0 saturated carbocycles. The zero-order chi connectivity index (χ0) is 22.1. The number of oxazole rings is 1. The second-order valence-electron chi connectivity index (χ2n) is 8.15. The number of para-hydroxylation sites is 2. The number of aromatic nitrogens is 4. The first-order valence-corrected chi connectivity index (χ1v) is 10.5. The molecule has 0 fully saturated rings. The van der Waals surface area contributed by atoms with E-state index in [9.17, 15) is 9.59 Å². The minimum absolute atomic E-state index is 0.124. The summed E-state index contributed by atoms with van der Waals surface area (Å²) >= 11 is 0. The number of rotatable bonds is 7. The number of ether oxygens (including phenoxy) is 1. The fourth-order valence-electron chi connectivity index (χ4n) is 3.57. The smallest absolute Gasteiger partial charge is 0.419 e. The maximum Gasteiger partial charge on any atom is 0.419 e. The van der Waals surface area contributed by atoms with Crippen LogP contribution in [-0.2, 0) is 11.3 Å². The van der Waals surface area contributed by atoms with Crippen LogP contribution in [0.1, 0.15) is 62.1 Å². The Hall–Kier alpha value is -3.42. The lowest BCUT2D eigenvalue weighted by atomic mass is 10.1. The maximum absolute atomic E-state index is 12.9. The molecule has 4 aromatic rings. The normalized spacial score (nSPS) is 11.8. The van der Waals surface area contributed by atoms with E-state index in [0.717, 1.165) is 11.2 Å². The molecule has 4 rings (SSSR count). The van der Waals surface area contributed by atoms with Crippen molar-refractivity contribution in [3.05, 3.63) is 58.3 Å². The number of benzene rings is 1. The summed E-state index contributed by atoms with van der Waals surface area (Å²) in [6, 6.07) is 9.17. The molecule has 0 atom stereocenters. The summed E-state index contributed by atoms with van der Waals surface area (Å²) < 4.78 is 14.1. The van der Waals surface area contributed by atoms with E-state index in [-0.39, 0.29) is 18.6 Å². The van der Waals surface area contributed by atoms with E-state index in [1.807, 2.05) is 50.6 Å². The van der Waals surface area contributed by atoms with E-state index >= 15 is 0 Å². The number of hydrogen-bond acceptors (Lipinski definition) is 6. The monoisotopic (exact) mass is 422 g/mol. The SMILES string of the molecule is CC(C)c1cc(C(=O)OCCCn2c(=O)oc3ccccc32)c2cnn(C(C)C)c2n1. The topological polar surface area (TPSA) is 92.1 Å². The minimum Gasteiger partial charge on any atom is -0.462 e. The number of hydrogen-bond donors (Lipinski definition) is 0. The Morgan fingerprint density at radius 2 is 1.97 bits per heavy atom. The van der Waals surface area contributed by atoms with Gasteiger partial charge in [-0.2, -0.15) is 5.10 Å². The van der Waals surface area contributed by atoms with Gasteiger partial charge in [-0.05, 0) is 44.4 Å². The molecule has 0 aliphatic rings. The van der Waals surface area contributed by atoms with Crippen molar-refractivity contribution in [3.8, 4) is 0 Å². The van der Waals surface area contributed by atoms with Gasteiger partial charge in [0.25, 0.3) is 0 Å². The molecule has 0 amide bonds. The molecular formula is C23H26N4O4. The third kappa shape index (κ3) is 3.97. The molecule has 8 nitrogen and oxygen atoms in total. The summed E-state index contributed by atoms with van der Waals surface area (Å²) in [6.07, 6.45) is 2.16. The van der Waals surface area contributed by atoms with Crippen molar-refractivity contribution in [2.24, 2.45) is 0 Å². The number of carbonyl (C=O) groups is 1. The first kappa shape index (κ1) is 20.8. The summed E-state index contributed by atoms with van der Waals surface area (Å²) in [5, 5.41) is 5.09. The number of carbonyl (C=O) groups excluding carboxylic acids is 1. The Morgan fingerprint density at radius 1 is 1.19 bits per heavy atom. The van der Waals surface area contributed by atoms with E-state index in [2.05, 4.69) is 5.10 Å². The second kappa shape index (κ2) is 8.37. The van der Waals surface area contributed by atoms with Gasteiger partial charge < -0.3 is 9.15 Å². The van der Waals surface area contributed by atoms with Crippen LogP contribution in [0.15, 0.2) is 45.7 Å². The lowest BCUT2D eigenvalue weighted by Crippen LogP contribution is -2.16. The van der Waals surface area contributed by atoms with Gasteiger partial charge in [-0.1, -0.05) is 26.0 Å². The molecule has 0 N–H and O–H groups in total. The molecule has 0 aliphatic carbocycles. The molecule has 3 aromatic heterocycles. The quantitative estimate of drug-likeness (QED) is 0.326. The van der Waals surface area contributed by atoms with Gasteiger partial charge >= 0.3 is 11.7 Å². The van der Waals surface area contributed by atoms with Crippen molar-refractivity contribution in [2.75, 3.05) is 6.61 Å². The Kier molecular flexibility index (Phi) is 5.63. The molecule has 1 aromatic carbocycles. The van der Waals surface area contributed by atoms with Crippen LogP contribution in [-0.4, -0.2) is 31.9 Å². The van der Waals surface area contributed by atoms with Crippen LogP contribution in [0.25, 0.3) is 22.1 Å². The van der Waals surface area contributed by atoms with Crippen LogP contribution in [0.4, 0.5) is 0 Å². The third-order valence-corrected chi connectivity index (χ3v) is 5.22. The van der Waals surface area contributed by atoms with Crippen LogP contribution in [0.3, 0.4) is 0 Å². The van der Waals surface area contributed by atoms with Gasteiger partial charge in [-0.25, -0.2) is 19.3 Å². The minimum atomic E-state index is -0.415. The van der Waals surface area contributed by atoms with Crippen molar-refractivity contribution in [1.82, 2.24) is 19.3 Å². The van der Waals surface area contributed by atoms with Crippen molar-refractivity contribution in [2.45, 2.75) is 52.6 Å². The zero-order valence-electron chi connectivity index (χ0n) is 18.2. The molecular weight excluding hydrogens is 396 g/mol. The highest BCUT2D eigenvalue weighted by Gasteiger charge is 2.20. The van der Waals surface area contributed by atoms with Gasteiger partial charge in [0.15, 0.2) is 11.2 Å². The fourth-order valence-corrected chi connectivity index (χ4v) is 3.57.